The van der Waals surface area contributed by atoms with E-state index in [0.29, 0.717) is 11.4 Å². The molecule has 0 bridgehead atoms. The van der Waals surface area contributed by atoms with E-state index in [1.165, 1.54) is 60.5 Å². The Kier molecular flexibility index (Phi) is 6.99. The number of benzene rings is 2. The summed E-state index contributed by atoms with van der Waals surface area (Å²) in [4.78, 5) is 41.7. The summed E-state index contributed by atoms with van der Waals surface area (Å²) in [7, 11) is 1.46. The molecule has 8 nitrogen and oxygen atoms in total. The topological polar surface area (TPSA) is 108 Å². The fraction of sp³-hybridized carbons (Fsp3) is 0.200. The maximum absolute atomic E-state index is 12.8. The van der Waals surface area contributed by atoms with Gasteiger partial charge in [0.25, 0.3) is 0 Å². The molecule has 3 rings (SSSR count). The number of hydrogen-bond donors (Lipinski definition) is 2. The molecule has 0 spiro atoms. The van der Waals surface area contributed by atoms with Gasteiger partial charge >= 0.3 is 11.5 Å². The summed E-state index contributed by atoms with van der Waals surface area (Å²) >= 11 is 5.81. The van der Waals surface area contributed by atoms with E-state index in [9.17, 15) is 23.2 Å². The fourth-order valence-electron chi connectivity index (χ4n) is 2.85. The van der Waals surface area contributed by atoms with Crippen LogP contribution in [0.3, 0.4) is 0 Å². The Morgan fingerprint density at radius 3 is 2.38 bits per heavy atom. The number of halogens is 3. The molecule has 32 heavy (non-hydrogen) atoms. The SMILES string of the molecule is CN=C1SC(C(=O)Nc2ccc(C(=O)O)cc2)CC(=O)N1c1ccc(OC(F)(F)Cl)cc1. The Balaban J connectivity index is 1.70. The van der Waals surface area contributed by atoms with Crippen molar-refractivity contribution in [2.75, 3.05) is 17.3 Å². The summed E-state index contributed by atoms with van der Waals surface area (Å²) in [5.41, 5.74) is -3.04. The standard InChI is InChI=1S/C20H16ClF2N3O5S/c1-24-19-26(13-6-8-14(9-7-13)31-20(21,22)23)16(27)10-15(32-19)17(28)25-12-4-2-11(3-5-12)18(29)30/h2-9,15H,10H2,1H3,(H,25,28)(H,29,30). The van der Waals surface area contributed by atoms with Crippen molar-refractivity contribution < 1.29 is 33.0 Å². The molecule has 2 amide bonds. The van der Waals surface area contributed by atoms with E-state index in [2.05, 4.69) is 15.0 Å². The van der Waals surface area contributed by atoms with Crippen LogP contribution >= 0.6 is 23.4 Å². The minimum atomic E-state index is -3.86. The van der Waals surface area contributed by atoms with Gasteiger partial charge in [-0.1, -0.05) is 11.8 Å². The molecule has 1 unspecified atom stereocenters. The van der Waals surface area contributed by atoms with Crippen LogP contribution in [0.4, 0.5) is 20.2 Å². The average molecular weight is 484 g/mol. The third kappa shape index (κ3) is 5.74. The van der Waals surface area contributed by atoms with Gasteiger partial charge in [0, 0.05) is 30.8 Å². The molecule has 2 aromatic rings. The molecule has 1 aliphatic rings. The summed E-state index contributed by atoms with van der Waals surface area (Å²) in [6, 6.07) is 10.9. The summed E-state index contributed by atoms with van der Waals surface area (Å²) in [6.07, 6.45) is -0.138. The highest BCUT2D eigenvalue weighted by Crippen LogP contribution is 2.33. The third-order valence-electron chi connectivity index (χ3n) is 4.26. The molecule has 0 aliphatic carbocycles. The predicted molar refractivity (Wildman–Crippen MR) is 117 cm³/mol. The number of thioether (sulfide) groups is 1. The van der Waals surface area contributed by atoms with Gasteiger partial charge in [-0.15, -0.1) is 8.78 Å². The van der Waals surface area contributed by atoms with Crippen LogP contribution in [0.1, 0.15) is 16.8 Å². The summed E-state index contributed by atoms with van der Waals surface area (Å²) in [5, 5.41) is 11.1. The third-order valence-corrected chi connectivity index (χ3v) is 5.58. The highest BCUT2D eigenvalue weighted by atomic mass is 35.5. The molecular formula is C20H16ClF2N3O5S. The summed E-state index contributed by atoms with van der Waals surface area (Å²) in [6.45, 7) is 0. The maximum atomic E-state index is 12.8. The number of nitrogens with zero attached hydrogens (tertiary/aromatic N) is 2. The van der Waals surface area contributed by atoms with Crippen molar-refractivity contribution in [1.82, 2.24) is 0 Å². The summed E-state index contributed by atoms with van der Waals surface area (Å²) in [5.74, 6) is -2.13. The van der Waals surface area contributed by atoms with Crippen molar-refractivity contribution in [2.45, 2.75) is 17.2 Å². The second kappa shape index (κ2) is 9.53. The number of carbonyl (C=O) groups excluding carboxylic acids is 2. The molecule has 0 radical (unpaired) electrons. The number of nitrogens with one attached hydrogen (secondary N) is 1. The molecule has 12 heteroatoms. The Bertz CT molecular complexity index is 1060. The number of carboxylic acids is 1. The van der Waals surface area contributed by atoms with Crippen LogP contribution in [0, 0.1) is 0 Å². The second-order valence-corrected chi connectivity index (χ2v) is 8.07. The normalized spacial score (nSPS) is 17.9. The van der Waals surface area contributed by atoms with E-state index in [1.54, 1.807) is 0 Å². The van der Waals surface area contributed by atoms with Crippen molar-refractivity contribution in [1.29, 1.82) is 0 Å². The van der Waals surface area contributed by atoms with E-state index in [4.69, 9.17) is 16.7 Å². The lowest BCUT2D eigenvalue weighted by Gasteiger charge is -2.31. The molecule has 2 aromatic carbocycles. The number of amides is 2. The zero-order chi connectivity index (χ0) is 23.5. The second-order valence-electron chi connectivity index (χ2n) is 6.46. The number of carboxylic acid groups (broad SMARTS) is 1. The summed E-state index contributed by atoms with van der Waals surface area (Å²) < 4.78 is 29.8. The van der Waals surface area contributed by atoms with Crippen LogP contribution in [-0.4, -0.2) is 45.9 Å². The molecule has 1 heterocycles. The molecule has 0 saturated carbocycles. The number of aliphatic imine (C=N–C) groups is 1. The van der Waals surface area contributed by atoms with Crippen LogP contribution < -0.4 is 15.0 Å². The largest absolute Gasteiger partial charge is 0.487 e. The van der Waals surface area contributed by atoms with Gasteiger partial charge in [-0.05, 0) is 48.5 Å². The molecule has 1 atom stereocenters. The molecule has 168 valence electrons. The Labute approximate surface area is 190 Å². The van der Waals surface area contributed by atoms with Crippen molar-refractivity contribution in [2.24, 2.45) is 4.99 Å². The maximum Gasteiger partial charge on any atom is 0.487 e. The number of aromatic carboxylic acids is 1. The van der Waals surface area contributed by atoms with Gasteiger partial charge in [-0.3, -0.25) is 19.5 Å². The lowest BCUT2D eigenvalue weighted by atomic mass is 10.2. The van der Waals surface area contributed by atoms with Crippen molar-refractivity contribution >= 4 is 57.7 Å². The molecule has 1 fully saturated rings. The molecule has 1 saturated heterocycles. The van der Waals surface area contributed by atoms with Crippen molar-refractivity contribution in [3.05, 3.63) is 54.1 Å². The number of amidine groups is 1. The lowest BCUT2D eigenvalue weighted by molar-refractivity contribution is -0.121. The number of carbonyl (C=O) groups is 3. The first-order valence-corrected chi connectivity index (χ1v) is 10.3. The minimum Gasteiger partial charge on any atom is -0.478 e. The number of hydrogen-bond acceptors (Lipinski definition) is 6. The lowest BCUT2D eigenvalue weighted by Crippen LogP contribution is -2.45. The molecular weight excluding hydrogens is 468 g/mol. The molecule has 2 N–H and O–H groups in total. The average Bonchev–Trinajstić information content (AvgIpc) is 2.73. The van der Waals surface area contributed by atoms with Gasteiger partial charge < -0.3 is 15.2 Å². The zero-order valence-corrected chi connectivity index (χ0v) is 18.0. The fourth-order valence-corrected chi connectivity index (χ4v) is 4.00. The van der Waals surface area contributed by atoms with E-state index < -0.39 is 28.6 Å². The van der Waals surface area contributed by atoms with Gasteiger partial charge in [0.2, 0.25) is 11.8 Å². The predicted octanol–water partition coefficient (Wildman–Crippen LogP) is 4.02. The monoisotopic (exact) mass is 483 g/mol. The first-order chi connectivity index (χ1) is 15.1. The Morgan fingerprint density at radius 2 is 1.84 bits per heavy atom. The number of ether oxygens (including phenoxy) is 1. The van der Waals surface area contributed by atoms with Gasteiger partial charge in [0.15, 0.2) is 5.17 Å². The zero-order valence-electron chi connectivity index (χ0n) is 16.4. The van der Waals surface area contributed by atoms with Gasteiger partial charge in [-0.25, -0.2) is 4.79 Å². The van der Waals surface area contributed by atoms with Crippen molar-refractivity contribution in [3.63, 3.8) is 0 Å². The highest BCUT2D eigenvalue weighted by molar-refractivity contribution is 8.15. The molecule has 0 aromatic heterocycles. The van der Waals surface area contributed by atoms with Crippen molar-refractivity contribution in [3.8, 4) is 5.75 Å². The van der Waals surface area contributed by atoms with E-state index in [-0.39, 0.29) is 22.9 Å². The van der Waals surface area contributed by atoms with E-state index >= 15 is 0 Å². The van der Waals surface area contributed by atoms with Crippen LogP contribution in [0.25, 0.3) is 0 Å². The Morgan fingerprint density at radius 1 is 1.22 bits per heavy atom. The minimum absolute atomic E-state index is 0.0763. The smallest absolute Gasteiger partial charge is 0.478 e. The van der Waals surface area contributed by atoms with Gasteiger partial charge in [0.1, 0.15) is 11.0 Å². The van der Waals surface area contributed by atoms with Crippen LogP contribution in [0.5, 0.6) is 5.75 Å². The van der Waals surface area contributed by atoms with E-state index in [1.807, 2.05) is 0 Å². The van der Waals surface area contributed by atoms with Crippen LogP contribution in [-0.2, 0) is 9.59 Å². The van der Waals surface area contributed by atoms with Crippen LogP contribution in [0.2, 0.25) is 0 Å². The number of anilines is 2. The van der Waals surface area contributed by atoms with E-state index in [0.717, 1.165) is 11.8 Å². The first-order valence-electron chi connectivity index (χ1n) is 9.04. The molecule has 1 aliphatic heterocycles. The van der Waals surface area contributed by atoms with Gasteiger partial charge in [0.05, 0.1) is 11.3 Å². The number of alkyl halides is 3. The Hall–Kier alpha value is -3.18. The number of rotatable bonds is 6. The highest BCUT2D eigenvalue weighted by Gasteiger charge is 2.36. The van der Waals surface area contributed by atoms with Crippen LogP contribution in [0.15, 0.2) is 53.5 Å². The van der Waals surface area contributed by atoms with Gasteiger partial charge in [-0.2, -0.15) is 0 Å². The first kappa shape index (κ1) is 23.5. The quantitative estimate of drug-likeness (QED) is 0.601.